The van der Waals surface area contributed by atoms with Crippen molar-refractivity contribution in [2.24, 2.45) is 0 Å². The van der Waals surface area contributed by atoms with Gasteiger partial charge >= 0.3 is 5.97 Å². The van der Waals surface area contributed by atoms with E-state index in [1.54, 1.807) is 12.1 Å². The van der Waals surface area contributed by atoms with Crippen molar-refractivity contribution < 1.29 is 24.2 Å². The molecule has 0 spiro atoms. The van der Waals surface area contributed by atoms with Gasteiger partial charge < -0.3 is 19.9 Å². The minimum atomic E-state index is -1.12. The standard InChI is InChI=1S/C17H21N3O6S/c1-25-12-5-4-10-8-18-20(16(22)14(10)15(12)26-2)9-13(21)19-11(17(23)24)6-7-27-3/h4-5,8,11H,6-7,9H2,1-3H3,(H,19,21)(H,23,24)/t11-/m1/s1. The lowest BCUT2D eigenvalue weighted by atomic mass is 10.1. The number of aromatic nitrogens is 2. The third-order valence-electron chi connectivity index (χ3n) is 3.90. The fourth-order valence-electron chi connectivity index (χ4n) is 2.57. The predicted octanol–water partition coefficient (Wildman–Crippen LogP) is 0.736. The molecule has 0 unspecified atom stereocenters. The zero-order valence-electron chi connectivity index (χ0n) is 15.2. The average molecular weight is 395 g/mol. The van der Waals surface area contributed by atoms with Gasteiger partial charge in [-0.05, 0) is 30.6 Å². The number of fused-ring (bicyclic) bond motifs is 1. The maximum Gasteiger partial charge on any atom is 0.326 e. The minimum absolute atomic E-state index is 0.233. The predicted molar refractivity (Wildman–Crippen MR) is 102 cm³/mol. The van der Waals surface area contributed by atoms with Crippen LogP contribution in [0.15, 0.2) is 23.1 Å². The van der Waals surface area contributed by atoms with Crippen LogP contribution in [0.1, 0.15) is 6.42 Å². The van der Waals surface area contributed by atoms with Gasteiger partial charge in [0.15, 0.2) is 11.5 Å². The molecule has 0 aliphatic carbocycles. The number of ether oxygens (including phenoxy) is 2. The number of amides is 1. The Morgan fingerprint density at radius 2 is 2.07 bits per heavy atom. The number of methoxy groups -OCH3 is 2. The van der Waals surface area contributed by atoms with Crippen LogP contribution in [-0.4, -0.2) is 59.0 Å². The Labute approximate surface area is 159 Å². The van der Waals surface area contributed by atoms with Crippen LogP contribution in [0.4, 0.5) is 0 Å². The zero-order chi connectivity index (χ0) is 20.0. The van der Waals surface area contributed by atoms with E-state index in [4.69, 9.17) is 9.47 Å². The van der Waals surface area contributed by atoms with Gasteiger partial charge in [-0.1, -0.05) is 0 Å². The van der Waals surface area contributed by atoms with Gasteiger partial charge in [-0.15, -0.1) is 0 Å². The Balaban J connectivity index is 2.31. The highest BCUT2D eigenvalue weighted by Crippen LogP contribution is 2.32. The molecule has 0 aliphatic rings. The topological polar surface area (TPSA) is 120 Å². The Bertz CT molecular complexity index is 898. The second-order valence-corrected chi connectivity index (χ2v) is 6.60. The van der Waals surface area contributed by atoms with Crippen molar-refractivity contribution >= 4 is 34.4 Å². The van der Waals surface area contributed by atoms with Crippen molar-refractivity contribution in [3.8, 4) is 11.5 Å². The Hall–Kier alpha value is -2.75. The summed E-state index contributed by atoms with van der Waals surface area (Å²) in [6.45, 7) is -0.405. The van der Waals surface area contributed by atoms with Gasteiger partial charge in [-0.3, -0.25) is 9.59 Å². The molecule has 9 nitrogen and oxygen atoms in total. The van der Waals surface area contributed by atoms with Crippen LogP contribution >= 0.6 is 11.8 Å². The van der Waals surface area contributed by atoms with Crippen LogP contribution in [0.3, 0.4) is 0 Å². The van der Waals surface area contributed by atoms with Crippen molar-refractivity contribution in [3.05, 3.63) is 28.7 Å². The summed E-state index contributed by atoms with van der Waals surface area (Å²) in [4.78, 5) is 36.2. The highest BCUT2D eigenvalue weighted by molar-refractivity contribution is 7.98. The molecule has 1 amide bonds. The van der Waals surface area contributed by atoms with E-state index in [-0.39, 0.29) is 17.6 Å². The number of hydrogen-bond acceptors (Lipinski definition) is 7. The molecule has 10 heteroatoms. The number of carboxylic acids is 1. The van der Waals surface area contributed by atoms with Gasteiger partial charge in [0.05, 0.1) is 25.8 Å². The maximum absolute atomic E-state index is 12.8. The summed E-state index contributed by atoms with van der Waals surface area (Å²) >= 11 is 1.48. The van der Waals surface area contributed by atoms with Crippen LogP contribution in [0, 0.1) is 0 Å². The first kappa shape index (κ1) is 20.6. The second kappa shape index (κ2) is 9.26. The van der Waals surface area contributed by atoms with E-state index < -0.39 is 30.0 Å². The van der Waals surface area contributed by atoms with E-state index in [2.05, 4.69) is 10.4 Å². The van der Waals surface area contributed by atoms with Crippen LogP contribution in [0.5, 0.6) is 11.5 Å². The number of carboxylic acid groups (broad SMARTS) is 1. The lowest BCUT2D eigenvalue weighted by Gasteiger charge is -2.15. The van der Waals surface area contributed by atoms with E-state index in [9.17, 15) is 19.5 Å². The number of hydrogen-bond donors (Lipinski definition) is 2. The molecule has 2 N–H and O–H groups in total. The first-order valence-corrected chi connectivity index (χ1v) is 9.44. The van der Waals surface area contributed by atoms with Crippen molar-refractivity contribution in [2.45, 2.75) is 19.0 Å². The summed E-state index contributed by atoms with van der Waals surface area (Å²) in [6, 6.07) is 2.30. The molecule has 1 aromatic heterocycles. The quantitative estimate of drug-likeness (QED) is 0.638. The SMILES string of the molecule is COc1ccc2cnn(CC(=O)N[C@H](CCSC)C(=O)O)c(=O)c2c1OC. The first-order valence-electron chi connectivity index (χ1n) is 8.04. The van der Waals surface area contributed by atoms with Gasteiger partial charge in [0.1, 0.15) is 12.6 Å². The van der Waals surface area contributed by atoms with Gasteiger partial charge in [-0.25, -0.2) is 9.48 Å². The molecule has 1 aromatic carbocycles. The number of benzene rings is 1. The third-order valence-corrected chi connectivity index (χ3v) is 4.54. The van der Waals surface area contributed by atoms with E-state index in [1.165, 1.54) is 32.2 Å². The molecular formula is C17H21N3O6S. The summed E-state index contributed by atoms with van der Waals surface area (Å²) in [7, 11) is 2.87. The average Bonchev–Trinajstić information content (AvgIpc) is 2.66. The fourth-order valence-corrected chi connectivity index (χ4v) is 3.04. The molecule has 0 saturated heterocycles. The summed E-state index contributed by atoms with van der Waals surface area (Å²) in [5.74, 6) is -0.517. The molecule has 1 heterocycles. The summed E-state index contributed by atoms with van der Waals surface area (Å²) in [5, 5.41) is 16.4. The molecule has 0 bridgehead atoms. The monoisotopic (exact) mass is 395 g/mol. The fraction of sp³-hybridized carbons (Fsp3) is 0.412. The first-order chi connectivity index (χ1) is 12.9. The largest absolute Gasteiger partial charge is 0.493 e. The smallest absolute Gasteiger partial charge is 0.326 e. The lowest BCUT2D eigenvalue weighted by Crippen LogP contribution is -2.44. The number of carbonyl (C=O) groups is 2. The number of aliphatic carboxylic acids is 1. The van der Waals surface area contributed by atoms with Crippen molar-refractivity contribution in [1.29, 1.82) is 0 Å². The maximum atomic E-state index is 12.8. The van der Waals surface area contributed by atoms with Crippen molar-refractivity contribution in [1.82, 2.24) is 15.1 Å². The molecule has 0 fully saturated rings. The number of thioether (sulfide) groups is 1. The highest BCUT2D eigenvalue weighted by atomic mass is 32.2. The molecule has 0 saturated carbocycles. The van der Waals surface area contributed by atoms with Crippen molar-refractivity contribution in [2.75, 3.05) is 26.2 Å². The molecular weight excluding hydrogens is 374 g/mol. The second-order valence-electron chi connectivity index (χ2n) is 5.61. The number of nitrogens with zero attached hydrogens (tertiary/aromatic N) is 2. The molecule has 146 valence electrons. The minimum Gasteiger partial charge on any atom is -0.493 e. The number of carbonyl (C=O) groups excluding carboxylic acids is 1. The number of nitrogens with one attached hydrogen (secondary N) is 1. The molecule has 0 radical (unpaired) electrons. The zero-order valence-corrected chi connectivity index (χ0v) is 16.0. The Morgan fingerprint density at radius 1 is 1.33 bits per heavy atom. The van der Waals surface area contributed by atoms with Gasteiger partial charge in [0, 0.05) is 5.39 Å². The Kier molecular flexibility index (Phi) is 7.05. The van der Waals surface area contributed by atoms with Crippen LogP contribution in [0.25, 0.3) is 10.8 Å². The van der Waals surface area contributed by atoms with Crippen LogP contribution in [-0.2, 0) is 16.1 Å². The molecule has 2 aromatic rings. The number of rotatable bonds is 9. The molecule has 1 atom stereocenters. The third kappa shape index (κ3) is 4.70. The van der Waals surface area contributed by atoms with Crippen molar-refractivity contribution in [3.63, 3.8) is 0 Å². The highest BCUT2D eigenvalue weighted by Gasteiger charge is 2.21. The summed E-state index contributed by atoms with van der Waals surface area (Å²) < 4.78 is 11.4. The van der Waals surface area contributed by atoms with Gasteiger partial charge in [-0.2, -0.15) is 16.9 Å². The summed E-state index contributed by atoms with van der Waals surface area (Å²) in [6.07, 6.45) is 3.57. The molecule has 2 rings (SSSR count). The Morgan fingerprint density at radius 3 is 2.67 bits per heavy atom. The molecule has 0 aliphatic heterocycles. The molecule has 27 heavy (non-hydrogen) atoms. The van der Waals surface area contributed by atoms with E-state index in [0.29, 0.717) is 16.9 Å². The van der Waals surface area contributed by atoms with Gasteiger partial charge in [0.2, 0.25) is 5.91 Å². The van der Waals surface area contributed by atoms with Crippen LogP contribution < -0.4 is 20.3 Å². The van der Waals surface area contributed by atoms with E-state index in [1.807, 2.05) is 6.26 Å². The summed E-state index contributed by atoms with van der Waals surface area (Å²) in [5.41, 5.74) is -0.533. The lowest BCUT2D eigenvalue weighted by molar-refractivity contribution is -0.142. The van der Waals surface area contributed by atoms with Gasteiger partial charge in [0.25, 0.3) is 5.56 Å². The van der Waals surface area contributed by atoms with Crippen LogP contribution in [0.2, 0.25) is 0 Å². The van der Waals surface area contributed by atoms with E-state index >= 15 is 0 Å². The van der Waals surface area contributed by atoms with E-state index in [0.717, 1.165) is 4.68 Å². The normalized spacial score (nSPS) is 11.8.